The number of hydrogen-bond acceptors (Lipinski definition) is 4. The zero-order valence-electron chi connectivity index (χ0n) is 10.2. The molecule has 0 aliphatic carbocycles. The van der Waals surface area contributed by atoms with Gasteiger partial charge in [-0.05, 0) is 18.8 Å². The molecule has 1 saturated heterocycles. The number of nitrogens with one attached hydrogen (secondary N) is 1. The van der Waals surface area contributed by atoms with Crippen LogP contribution in [0.1, 0.15) is 26.7 Å². The minimum absolute atomic E-state index is 0.331. The van der Waals surface area contributed by atoms with E-state index in [0.29, 0.717) is 30.1 Å². The summed E-state index contributed by atoms with van der Waals surface area (Å²) in [6.45, 7) is 6.57. The van der Waals surface area contributed by atoms with Crippen LogP contribution in [0.2, 0.25) is 0 Å². The van der Waals surface area contributed by atoms with Crippen LogP contribution in [0.4, 0.5) is 0 Å². The lowest BCUT2D eigenvalue weighted by atomic mass is 10.1. The van der Waals surface area contributed by atoms with Gasteiger partial charge in [-0.25, -0.2) is 8.42 Å². The number of ether oxygens (including phenoxy) is 1. The van der Waals surface area contributed by atoms with Gasteiger partial charge in [0.15, 0.2) is 0 Å². The Morgan fingerprint density at radius 3 is 2.50 bits per heavy atom. The molecule has 16 heavy (non-hydrogen) atoms. The molecule has 0 aromatic carbocycles. The first kappa shape index (κ1) is 13.9. The third kappa shape index (κ3) is 5.82. The molecule has 1 N–H and O–H groups in total. The lowest BCUT2D eigenvalue weighted by molar-refractivity contribution is 0.109. The summed E-state index contributed by atoms with van der Waals surface area (Å²) in [5, 5.41) is 3.34. The monoisotopic (exact) mass is 249 g/mol. The van der Waals surface area contributed by atoms with Gasteiger partial charge in [0.05, 0.1) is 18.1 Å². The highest BCUT2D eigenvalue weighted by Crippen LogP contribution is 2.11. The van der Waals surface area contributed by atoms with Crippen LogP contribution in [0.25, 0.3) is 0 Å². The second-order valence-electron chi connectivity index (χ2n) is 4.85. The molecule has 1 aliphatic rings. The second-order valence-corrected chi connectivity index (χ2v) is 7.15. The maximum Gasteiger partial charge on any atom is 0.150 e. The van der Waals surface area contributed by atoms with Crippen molar-refractivity contribution in [3.63, 3.8) is 0 Å². The van der Waals surface area contributed by atoms with Crippen molar-refractivity contribution in [2.75, 3.05) is 31.3 Å². The van der Waals surface area contributed by atoms with Crippen LogP contribution < -0.4 is 5.32 Å². The van der Waals surface area contributed by atoms with Gasteiger partial charge in [-0.3, -0.25) is 0 Å². The highest BCUT2D eigenvalue weighted by molar-refractivity contribution is 7.91. The van der Waals surface area contributed by atoms with Crippen molar-refractivity contribution < 1.29 is 13.2 Å². The van der Waals surface area contributed by atoms with E-state index in [-0.39, 0.29) is 0 Å². The van der Waals surface area contributed by atoms with Crippen LogP contribution >= 0.6 is 0 Å². The van der Waals surface area contributed by atoms with E-state index in [2.05, 4.69) is 19.2 Å². The molecule has 0 unspecified atom stereocenters. The minimum atomic E-state index is -2.73. The summed E-state index contributed by atoms with van der Waals surface area (Å²) in [5.41, 5.74) is 0. The van der Waals surface area contributed by atoms with Gasteiger partial charge in [-0.1, -0.05) is 13.8 Å². The van der Waals surface area contributed by atoms with E-state index in [4.69, 9.17) is 4.74 Å². The van der Waals surface area contributed by atoms with E-state index in [1.165, 1.54) is 0 Å². The molecule has 0 aromatic rings. The normalized spacial score (nSPS) is 21.4. The largest absolute Gasteiger partial charge is 0.380 e. The number of sulfone groups is 1. The van der Waals surface area contributed by atoms with Gasteiger partial charge in [0, 0.05) is 19.2 Å². The lowest BCUT2D eigenvalue weighted by Crippen LogP contribution is -2.39. The number of hydrogen-bond donors (Lipinski definition) is 1. The first-order chi connectivity index (χ1) is 7.49. The Hall–Kier alpha value is -0.130. The average Bonchev–Trinajstić information content (AvgIpc) is 2.19. The highest BCUT2D eigenvalue weighted by atomic mass is 32.2. The highest BCUT2D eigenvalue weighted by Gasteiger charge is 2.22. The van der Waals surface area contributed by atoms with Gasteiger partial charge >= 0.3 is 0 Å². The van der Waals surface area contributed by atoms with E-state index in [0.717, 1.165) is 26.0 Å². The van der Waals surface area contributed by atoms with Crippen LogP contribution in [-0.4, -0.2) is 45.7 Å². The van der Waals surface area contributed by atoms with Crippen molar-refractivity contribution in [3.05, 3.63) is 0 Å². The van der Waals surface area contributed by atoms with Gasteiger partial charge in [-0.2, -0.15) is 0 Å². The first-order valence-electron chi connectivity index (χ1n) is 6.01. The first-order valence-corrected chi connectivity index (χ1v) is 7.83. The smallest absolute Gasteiger partial charge is 0.150 e. The molecule has 0 bridgehead atoms. The molecule has 1 aliphatic heterocycles. The van der Waals surface area contributed by atoms with Crippen LogP contribution in [0.3, 0.4) is 0 Å². The molecule has 0 aromatic heterocycles. The van der Waals surface area contributed by atoms with Crippen LogP contribution in [0, 0.1) is 5.92 Å². The van der Waals surface area contributed by atoms with E-state index in [1.54, 1.807) is 0 Å². The maximum absolute atomic E-state index is 11.2. The third-order valence-corrected chi connectivity index (χ3v) is 4.40. The molecule has 0 atom stereocenters. The molecule has 96 valence electrons. The number of rotatable bonds is 6. The summed E-state index contributed by atoms with van der Waals surface area (Å²) in [6, 6.07) is 0.353. The van der Waals surface area contributed by atoms with E-state index in [9.17, 15) is 8.42 Å². The molecule has 0 radical (unpaired) electrons. The summed E-state index contributed by atoms with van der Waals surface area (Å²) < 4.78 is 27.8. The zero-order chi connectivity index (χ0) is 12.0. The summed E-state index contributed by atoms with van der Waals surface area (Å²) in [7, 11) is -2.73. The third-order valence-electron chi connectivity index (χ3n) is 2.69. The van der Waals surface area contributed by atoms with Crippen molar-refractivity contribution in [3.8, 4) is 0 Å². The predicted molar refractivity (Wildman–Crippen MR) is 65.3 cm³/mol. The molecule has 1 rings (SSSR count). The van der Waals surface area contributed by atoms with Crippen LogP contribution in [-0.2, 0) is 14.6 Å². The fraction of sp³-hybridized carbons (Fsp3) is 1.00. The van der Waals surface area contributed by atoms with Gasteiger partial charge in [0.2, 0.25) is 0 Å². The van der Waals surface area contributed by atoms with Gasteiger partial charge in [-0.15, -0.1) is 0 Å². The van der Waals surface area contributed by atoms with Crippen LogP contribution in [0.15, 0.2) is 0 Å². The fourth-order valence-corrected chi connectivity index (χ4v) is 3.24. The van der Waals surface area contributed by atoms with Crippen molar-refractivity contribution in [1.29, 1.82) is 0 Å². The quantitative estimate of drug-likeness (QED) is 0.708. The SMILES string of the molecule is CC(C)COCCNC1CCS(=O)(=O)CC1. The minimum Gasteiger partial charge on any atom is -0.380 e. The summed E-state index contributed by atoms with van der Waals surface area (Å²) in [5.74, 6) is 1.23. The summed E-state index contributed by atoms with van der Waals surface area (Å²) >= 11 is 0. The van der Waals surface area contributed by atoms with Gasteiger partial charge in [0.1, 0.15) is 9.84 Å². The molecule has 0 spiro atoms. The summed E-state index contributed by atoms with van der Waals surface area (Å²) in [6.07, 6.45) is 1.49. The Morgan fingerprint density at radius 2 is 1.94 bits per heavy atom. The fourth-order valence-electron chi connectivity index (χ4n) is 1.75. The molecular weight excluding hydrogens is 226 g/mol. The predicted octanol–water partition coefficient (Wildman–Crippen LogP) is 0.826. The van der Waals surface area contributed by atoms with E-state index < -0.39 is 9.84 Å². The van der Waals surface area contributed by atoms with Crippen LogP contribution in [0.5, 0.6) is 0 Å². The Labute approximate surface area is 98.7 Å². The van der Waals surface area contributed by atoms with Gasteiger partial charge in [0.25, 0.3) is 0 Å². The zero-order valence-corrected chi connectivity index (χ0v) is 11.1. The molecule has 0 amide bonds. The van der Waals surface area contributed by atoms with E-state index in [1.807, 2.05) is 0 Å². The maximum atomic E-state index is 11.2. The average molecular weight is 249 g/mol. The Kier molecular flexibility index (Phi) is 5.72. The standard InChI is InChI=1S/C11H23NO3S/c1-10(2)9-15-6-5-12-11-3-7-16(13,14)8-4-11/h10-12H,3-9H2,1-2H3. The molecule has 4 nitrogen and oxygen atoms in total. The molecule has 0 saturated carbocycles. The van der Waals surface area contributed by atoms with Crippen molar-refractivity contribution >= 4 is 9.84 Å². The summed E-state index contributed by atoms with van der Waals surface area (Å²) in [4.78, 5) is 0. The van der Waals surface area contributed by atoms with Gasteiger partial charge < -0.3 is 10.1 Å². The Bertz CT molecular complexity index is 274. The Morgan fingerprint density at radius 1 is 1.31 bits per heavy atom. The molecule has 1 fully saturated rings. The molecule has 1 heterocycles. The second kappa shape index (κ2) is 6.57. The molecule has 5 heteroatoms. The molecular formula is C11H23NO3S. The van der Waals surface area contributed by atoms with E-state index >= 15 is 0 Å². The topological polar surface area (TPSA) is 55.4 Å². The van der Waals surface area contributed by atoms with Crippen molar-refractivity contribution in [1.82, 2.24) is 5.32 Å². The van der Waals surface area contributed by atoms with Crippen molar-refractivity contribution in [2.24, 2.45) is 5.92 Å². The Balaban J connectivity index is 2.02. The lowest BCUT2D eigenvalue weighted by Gasteiger charge is -2.23. The van der Waals surface area contributed by atoms with Crippen molar-refractivity contribution in [2.45, 2.75) is 32.7 Å².